The number of carbonyl (C=O) groups excluding carboxylic acids is 1. The van der Waals surface area contributed by atoms with Gasteiger partial charge in [-0.05, 0) is 30.6 Å². The maximum absolute atomic E-state index is 12.2. The predicted molar refractivity (Wildman–Crippen MR) is 63.5 cm³/mol. The first-order chi connectivity index (χ1) is 7.33. The molecule has 0 aromatic heterocycles. The van der Waals surface area contributed by atoms with Crippen LogP contribution in [0.1, 0.15) is 39.5 Å². The van der Waals surface area contributed by atoms with Gasteiger partial charge < -0.3 is 5.11 Å². The van der Waals surface area contributed by atoms with Crippen LogP contribution in [0.15, 0.2) is 0 Å². The molecule has 4 heteroatoms. The molecule has 3 nitrogen and oxygen atoms in total. The Kier molecular flexibility index (Phi) is 2.69. The minimum atomic E-state index is -0.769. The number of carboxylic acid groups (broad SMARTS) is 1. The minimum Gasteiger partial charge on any atom is -0.481 e. The zero-order valence-electron chi connectivity index (χ0n) is 9.62. The topological polar surface area (TPSA) is 54.4 Å². The fraction of sp³-hybridized carbons (Fsp3) is 0.833. The Morgan fingerprint density at radius 2 is 2.19 bits per heavy atom. The van der Waals surface area contributed by atoms with Crippen LogP contribution in [0.4, 0.5) is 0 Å². The molecule has 0 aliphatic heterocycles. The number of aliphatic carboxylic acids is 1. The summed E-state index contributed by atoms with van der Waals surface area (Å²) < 4.78 is 0. The molecule has 0 unspecified atom stereocenters. The maximum Gasteiger partial charge on any atom is 0.303 e. The molecule has 4 atom stereocenters. The normalized spacial score (nSPS) is 46.3. The number of ketones is 1. The average Bonchev–Trinajstić information content (AvgIpc) is 2.54. The van der Waals surface area contributed by atoms with E-state index in [-0.39, 0.29) is 27.9 Å². The number of hydrogen-bond acceptors (Lipinski definition) is 2. The van der Waals surface area contributed by atoms with Crippen LogP contribution in [0.2, 0.25) is 0 Å². The van der Waals surface area contributed by atoms with Crippen LogP contribution in [0.25, 0.3) is 0 Å². The van der Waals surface area contributed by atoms with E-state index in [0.29, 0.717) is 12.3 Å². The number of carbonyl (C=O) groups is 2. The molecule has 2 aliphatic rings. The average molecular weight is 289 g/mol. The molecule has 0 aromatic rings. The number of fused-ring (bicyclic) bond motifs is 2. The molecule has 16 heavy (non-hydrogen) atoms. The van der Waals surface area contributed by atoms with Gasteiger partial charge in [-0.2, -0.15) is 0 Å². The third-order valence-corrected chi connectivity index (χ3v) is 6.09. The fourth-order valence-electron chi connectivity index (χ4n) is 3.65. The van der Waals surface area contributed by atoms with E-state index in [9.17, 15) is 9.59 Å². The summed E-state index contributed by atoms with van der Waals surface area (Å²) in [7, 11) is 0. The molecule has 2 fully saturated rings. The molecule has 0 spiro atoms. The van der Waals surface area contributed by atoms with Crippen molar-refractivity contribution in [2.24, 2.45) is 16.7 Å². The lowest BCUT2D eigenvalue weighted by Crippen LogP contribution is -2.35. The van der Waals surface area contributed by atoms with Gasteiger partial charge in [0.05, 0.1) is 4.83 Å². The van der Waals surface area contributed by atoms with E-state index >= 15 is 0 Å². The number of carboxylic acids is 1. The highest BCUT2D eigenvalue weighted by atomic mass is 79.9. The Morgan fingerprint density at radius 3 is 2.62 bits per heavy atom. The smallest absolute Gasteiger partial charge is 0.303 e. The molecular weight excluding hydrogens is 272 g/mol. The molecule has 0 amide bonds. The second-order valence-corrected chi connectivity index (χ2v) is 6.54. The summed E-state index contributed by atoms with van der Waals surface area (Å²) in [5.74, 6) is -0.185. The molecular formula is C12H17BrO3. The van der Waals surface area contributed by atoms with Crippen LogP contribution in [0, 0.1) is 16.7 Å². The van der Waals surface area contributed by atoms with Gasteiger partial charge >= 0.3 is 5.97 Å². The largest absolute Gasteiger partial charge is 0.481 e. The van der Waals surface area contributed by atoms with Gasteiger partial charge in [0, 0.05) is 11.8 Å². The highest BCUT2D eigenvalue weighted by Gasteiger charge is 2.67. The van der Waals surface area contributed by atoms with Crippen molar-refractivity contribution in [3.05, 3.63) is 0 Å². The Hall–Kier alpha value is -0.380. The summed E-state index contributed by atoms with van der Waals surface area (Å²) in [6, 6.07) is 0. The van der Waals surface area contributed by atoms with Gasteiger partial charge in [-0.25, -0.2) is 0 Å². The summed E-state index contributed by atoms with van der Waals surface area (Å²) in [4.78, 5) is 22.8. The molecule has 0 radical (unpaired) electrons. The van der Waals surface area contributed by atoms with E-state index in [1.807, 2.05) is 6.92 Å². The molecule has 0 aromatic carbocycles. The first kappa shape index (κ1) is 12.1. The van der Waals surface area contributed by atoms with Gasteiger partial charge in [-0.1, -0.05) is 29.8 Å². The lowest BCUT2D eigenvalue weighted by molar-refractivity contribution is -0.139. The number of Topliss-reactive ketones (excluding diaryl/α,β-unsaturated/α-hetero) is 1. The van der Waals surface area contributed by atoms with Crippen molar-refractivity contribution in [1.82, 2.24) is 0 Å². The summed E-state index contributed by atoms with van der Waals surface area (Å²) in [5, 5.41) is 8.80. The Labute approximate surface area is 104 Å². The fourth-order valence-corrected chi connectivity index (χ4v) is 5.00. The van der Waals surface area contributed by atoms with Crippen molar-refractivity contribution < 1.29 is 14.7 Å². The van der Waals surface area contributed by atoms with Crippen LogP contribution in [-0.4, -0.2) is 21.7 Å². The molecule has 1 N–H and O–H groups in total. The van der Waals surface area contributed by atoms with Gasteiger partial charge in [0.1, 0.15) is 0 Å². The van der Waals surface area contributed by atoms with E-state index in [2.05, 4.69) is 22.9 Å². The van der Waals surface area contributed by atoms with Crippen molar-refractivity contribution in [3.8, 4) is 0 Å². The predicted octanol–water partition coefficient (Wildman–Crippen LogP) is 2.62. The molecule has 2 aliphatic carbocycles. The Morgan fingerprint density at radius 1 is 1.56 bits per heavy atom. The number of rotatable bonds is 3. The number of alkyl halides is 1. The second-order valence-electron chi connectivity index (χ2n) is 5.55. The zero-order valence-corrected chi connectivity index (χ0v) is 11.2. The minimum absolute atomic E-state index is 0.0648. The highest BCUT2D eigenvalue weighted by molar-refractivity contribution is 9.10. The zero-order chi connectivity index (χ0) is 12.1. The van der Waals surface area contributed by atoms with Crippen LogP contribution >= 0.6 is 15.9 Å². The van der Waals surface area contributed by atoms with Gasteiger partial charge in [0.25, 0.3) is 0 Å². The lowest BCUT2D eigenvalue weighted by Gasteiger charge is -2.36. The maximum atomic E-state index is 12.2. The Bertz CT molecular complexity index is 354. The van der Waals surface area contributed by atoms with Crippen molar-refractivity contribution in [2.75, 3.05) is 0 Å². The van der Waals surface area contributed by atoms with Gasteiger partial charge in [0.15, 0.2) is 5.78 Å². The number of halogens is 1. The summed E-state index contributed by atoms with van der Waals surface area (Å²) in [6.07, 6.45) is 2.72. The molecule has 0 saturated heterocycles. The SMILES string of the molecule is C[C@]12CC[C@H]([C@@H](Br)C1=O)[C@@]2(C)CCC(=O)O. The van der Waals surface area contributed by atoms with E-state index in [1.54, 1.807) is 0 Å². The van der Waals surface area contributed by atoms with Gasteiger partial charge in [-0.3, -0.25) is 9.59 Å². The van der Waals surface area contributed by atoms with E-state index in [1.165, 1.54) is 0 Å². The molecule has 2 saturated carbocycles. The van der Waals surface area contributed by atoms with E-state index in [0.717, 1.165) is 12.8 Å². The number of hydrogen-bond donors (Lipinski definition) is 1. The van der Waals surface area contributed by atoms with Crippen LogP contribution < -0.4 is 0 Å². The lowest BCUT2D eigenvalue weighted by atomic mass is 9.66. The van der Waals surface area contributed by atoms with Gasteiger partial charge in [-0.15, -0.1) is 0 Å². The Balaban J connectivity index is 2.28. The first-order valence-corrected chi connectivity index (χ1v) is 6.65. The standard InChI is InChI=1S/C12H17BrO3/c1-11(6-4-8(14)15)7-3-5-12(11,2)10(16)9(7)13/h7,9H,3-6H2,1-2H3,(H,14,15)/t7-,9-,11-,12+/m1/s1. The molecule has 2 bridgehead atoms. The van der Waals surface area contributed by atoms with Crippen molar-refractivity contribution in [1.29, 1.82) is 0 Å². The molecule has 2 rings (SSSR count). The summed E-state index contributed by atoms with van der Waals surface area (Å²) in [6.45, 7) is 4.10. The third-order valence-electron chi connectivity index (χ3n) is 5.04. The highest BCUT2D eigenvalue weighted by Crippen LogP contribution is 2.67. The van der Waals surface area contributed by atoms with Crippen LogP contribution in [-0.2, 0) is 9.59 Å². The van der Waals surface area contributed by atoms with Crippen LogP contribution in [0.3, 0.4) is 0 Å². The van der Waals surface area contributed by atoms with E-state index in [4.69, 9.17) is 5.11 Å². The van der Waals surface area contributed by atoms with Crippen LogP contribution in [0.5, 0.6) is 0 Å². The van der Waals surface area contributed by atoms with Crippen molar-refractivity contribution in [2.45, 2.75) is 44.4 Å². The van der Waals surface area contributed by atoms with Crippen molar-refractivity contribution >= 4 is 27.7 Å². The van der Waals surface area contributed by atoms with Crippen molar-refractivity contribution in [3.63, 3.8) is 0 Å². The van der Waals surface area contributed by atoms with E-state index < -0.39 is 5.97 Å². The first-order valence-electron chi connectivity index (χ1n) is 5.73. The molecule has 90 valence electrons. The summed E-state index contributed by atoms with van der Waals surface area (Å²) in [5.41, 5.74) is -0.460. The molecule has 0 heterocycles. The quantitative estimate of drug-likeness (QED) is 0.813. The van der Waals surface area contributed by atoms with Gasteiger partial charge in [0.2, 0.25) is 0 Å². The second kappa shape index (κ2) is 3.56. The summed E-state index contributed by atoms with van der Waals surface area (Å²) >= 11 is 3.48. The monoisotopic (exact) mass is 288 g/mol. The third kappa shape index (κ3) is 1.31.